The highest BCUT2D eigenvalue weighted by Crippen LogP contribution is 2.34. The number of hydrogen-bond acceptors (Lipinski definition) is 6. The van der Waals surface area contributed by atoms with Crippen LogP contribution in [0.25, 0.3) is 5.69 Å². The molecule has 0 radical (unpaired) electrons. The maximum Gasteiger partial charge on any atom is 0.325 e. The lowest BCUT2D eigenvalue weighted by Gasteiger charge is -2.20. The van der Waals surface area contributed by atoms with Crippen molar-refractivity contribution < 1.29 is 28.3 Å². The van der Waals surface area contributed by atoms with Crippen molar-refractivity contribution in [2.24, 2.45) is 0 Å². The Morgan fingerprint density at radius 3 is 2.58 bits per heavy atom. The molecule has 3 aromatic rings. The number of amides is 3. The number of fused-ring (bicyclic) bond motifs is 1. The van der Waals surface area contributed by atoms with E-state index in [4.69, 9.17) is 13.9 Å². The highest BCUT2D eigenvalue weighted by atomic mass is 16.6. The molecule has 33 heavy (non-hydrogen) atoms. The number of urea groups is 1. The summed E-state index contributed by atoms with van der Waals surface area (Å²) in [6.07, 6.45) is 1.43. The summed E-state index contributed by atoms with van der Waals surface area (Å²) in [6, 6.07) is 9.99. The summed E-state index contributed by atoms with van der Waals surface area (Å²) in [4.78, 5) is 39.7. The number of carbonyl (C=O) groups is 3. The summed E-state index contributed by atoms with van der Waals surface area (Å²) in [6.45, 7) is 5.90. The number of furan rings is 1. The van der Waals surface area contributed by atoms with Crippen LogP contribution in [0.2, 0.25) is 0 Å². The van der Waals surface area contributed by atoms with Crippen LogP contribution in [0.3, 0.4) is 0 Å². The first-order chi connectivity index (χ1) is 15.8. The molecule has 1 fully saturated rings. The van der Waals surface area contributed by atoms with E-state index in [1.54, 1.807) is 25.1 Å². The molecule has 0 saturated carbocycles. The van der Waals surface area contributed by atoms with Crippen molar-refractivity contribution in [3.63, 3.8) is 0 Å². The van der Waals surface area contributed by atoms with E-state index < -0.39 is 17.5 Å². The Hall–Kier alpha value is -4.01. The maximum atomic E-state index is 13.2. The average Bonchev–Trinajstić information content (AvgIpc) is 3.49. The molecule has 0 aliphatic carbocycles. The summed E-state index contributed by atoms with van der Waals surface area (Å²) < 4.78 is 18.5. The molecular formula is C24H23N3O6. The van der Waals surface area contributed by atoms with Gasteiger partial charge in [-0.3, -0.25) is 14.5 Å². The second-order valence-electron chi connectivity index (χ2n) is 8.30. The van der Waals surface area contributed by atoms with Crippen molar-refractivity contribution in [2.45, 2.75) is 26.3 Å². The SMILES string of the molecule is Cc1cc(C(=O)CN2C(=O)NC(C)(c3ccco3)C2=O)c(C)n1-c1ccc2c(c1)OCCO2. The van der Waals surface area contributed by atoms with Crippen molar-refractivity contribution in [1.29, 1.82) is 0 Å². The summed E-state index contributed by atoms with van der Waals surface area (Å²) >= 11 is 0. The van der Waals surface area contributed by atoms with Crippen molar-refractivity contribution in [2.75, 3.05) is 19.8 Å². The highest BCUT2D eigenvalue weighted by Gasteiger charge is 2.51. The number of hydrogen-bond donors (Lipinski definition) is 1. The Bertz CT molecular complexity index is 1280. The van der Waals surface area contributed by atoms with E-state index in [1.165, 1.54) is 6.26 Å². The fourth-order valence-corrected chi connectivity index (χ4v) is 4.41. The summed E-state index contributed by atoms with van der Waals surface area (Å²) in [5.74, 6) is 0.778. The third-order valence-electron chi connectivity index (χ3n) is 6.11. The largest absolute Gasteiger partial charge is 0.486 e. The third-order valence-corrected chi connectivity index (χ3v) is 6.11. The molecule has 170 valence electrons. The van der Waals surface area contributed by atoms with Gasteiger partial charge in [0.1, 0.15) is 19.0 Å². The Morgan fingerprint density at radius 2 is 1.85 bits per heavy atom. The predicted molar refractivity (Wildman–Crippen MR) is 117 cm³/mol. The molecule has 0 bridgehead atoms. The molecule has 1 saturated heterocycles. The van der Waals surface area contributed by atoms with Gasteiger partial charge in [-0.15, -0.1) is 0 Å². The van der Waals surface area contributed by atoms with Gasteiger partial charge >= 0.3 is 6.03 Å². The van der Waals surface area contributed by atoms with E-state index in [0.717, 1.165) is 16.3 Å². The van der Waals surface area contributed by atoms with Gasteiger partial charge in [0, 0.05) is 28.7 Å². The fourth-order valence-electron chi connectivity index (χ4n) is 4.41. The van der Waals surface area contributed by atoms with Gasteiger partial charge in [0.15, 0.2) is 22.8 Å². The van der Waals surface area contributed by atoms with Gasteiger partial charge in [0.25, 0.3) is 5.91 Å². The minimum atomic E-state index is -1.34. The lowest BCUT2D eigenvalue weighted by molar-refractivity contribution is -0.131. The Labute approximate surface area is 189 Å². The zero-order chi connectivity index (χ0) is 23.3. The number of nitrogens with zero attached hydrogens (tertiary/aromatic N) is 2. The molecule has 9 nitrogen and oxygen atoms in total. The first-order valence-electron chi connectivity index (χ1n) is 10.6. The second-order valence-corrected chi connectivity index (χ2v) is 8.30. The molecule has 9 heteroatoms. The topological polar surface area (TPSA) is 103 Å². The van der Waals surface area contributed by atoms with E-state index in [-0.39, 0.29) is 12.3 Å². The van der Waals surface area contributed by atoms with Crippen molar-refractivity contribution in [1.82, 2.24) is 14.8 Å². The predicted octanol–water partition coefficient (Wildman–Crippen LogP) is 3.11. The van der Waals surface area contributed by atoms with Crippen LogP contribution < -0.4 is 14.8 Å². The van der Waals surface area contributed by atoms with Crippen LogP contribution in [0.5, 0.6) is 11.5 Å². The molecule has 2 aliphatic heterocycles. The normalized spacial score (nSPS) is 19.7. The number of ketones is 1. The van der Waals surface area contributed by atoms with Crippen molar-refractivity contribution in [3.05, 3.63) is 65.4 Å². The van der Waals surface area contributed by atoms with Crippen LogP contribution in [-0.4, -0.2) is 46.9 Å². The Balaban J connectivity index is 1.41. The summed E-state index contributed by atoms with van der Waals surface area (Å²) in [5.41, 5.74) is 1.46. The first kappa shape index (κ1) is 20.9. The molecule has 1 aromatic carbocycles. The van der Waals surface area contributed by atoms with Gasteiger partial charge in [-0.25, -0.2) is 4.79 Å². The third kappa shape index (κ3) is 3.27. The number of rotatable bonds is 5. The van der Waals surface area contributed by atoms with E-state index in [2.05, 4.69) is 5.32 Å². The number of ether oxygens (including phenoxy) is 2. The molecule has 1 unspecified atom stereocenters. The number of nitrogens with one attached hydrogen (secondary N) is 1. The fraction of sp³-hybridized carbons (Fsp3) is 0.292. The number of aryl methyl sites for hydroxylation is 1. The molecular weight excluding hydrogens is 426 g/mol. The van der Waals surface area contributed by atoms with Crippen LogP contribution in [0.15, 0.2) is 47.1 Å². The standard InChI is InChI=1S/C24H23N3O6/c1-14-11-17(15(2)27(14)16-6-7-19-20(12-16)32-10-9-31-19)18(28)13-26-22(29)24(3,25-23(26)30)21-5-4-8-33-21/h4-8,11-12H,9-10,13H2,1-3H3,(H,25,30). The Kier molecular flexibility index (Phi) is 4.77. The summed E-state index contributed by atoms with van der Waals surface area (Å²) in [5, 5.41) is 2.64. The molecule has 0 spiro atoms. The molecule has 4 heterocycles. The van der Waals surface area contributed by atoms with Gasteiger partial charge in [-0.1, -0.05) is 0 Å². The maximum absolute atomic E-state index is 13.2. The number of aromatic nitrogens is 1. The minimum Gasteiger partial charge on any atom is -0.486 e. The van der Waals surface area contributed by atoms with Gasteiger partial charge < -0.3 is 23.8 Å². The minimum absolute atomic E-state index is 0.313. The van der Waals surface area contributed by atoms with Gasteiger partial charge in [0.05, 0.1) is 12.8 Å². The molecule has 1 atom stereocenters. The van der Waals surface area contributed by atoms with Crippen LogP contribution in [-0.2, 0) is 10.3 Å². The van der Waals surface area contributed by atoms with Crippen molar-refractivity contribution >= 4 is 17.7 Å². The van der Waals surface area contributed by atoms with E-state index in [0.29, 0.717) is 41.7 Å². The van der Waals surface area contributed by atoms with Crippen LogP contribution in [0.4, 0.5) is 4.79 Å². The zero-order valence-electron chi connectivity index (χ0n) is 18.5. The number of Topliss-reactive ketones (excluding diaryl/α,β-unsaturated/α-hetero) is 1. The molecule has 2 aliphatic rings. The summed E-state index contributed by atoms with van der Waals surface area (Å²) in [7, 11) is 0. The van der Waals surface area contributed by atoms with E-state index in [9.17, 15) is 14.4 Å². The molecule has 5 rings (SSSR count). The van der Waals surface area contributed by atoms with Crippen LogP contribution in [0.1, 0.15) is 34.4 Å². The van der Waals surface area contributed by atoms with Gasteiger partial charge in [-0.05, 0) is 51.1 Å². The smallest absolute Gasteiger partial charge is 0.325 e. The van der Waals surface area contributed by atoms with Crippen LogP contribution in [0, 0.1) is 13.8 Å². The second kappa shape index (κ2) is 7.54. The highest BCUT2D eigenvalue weighted by molar-refractivity contribution is 6.11. The Morgan fingerprint density at radius 1 is 1.09 bits per heavy atom. The number of benzene rings is 1. The van der Waals surface area contributed by atoms with E-state index >= 15 is 0 Å². The van der Waals surface area contributed by atoms with Crippen molar-refractivity contribution in [3.8, 4) is 17.2 Å². The number of carbonyl (C=O) groups excluding carboxylic acids is 3. The average molecular weight is 449 g/mol. The van der Waals surface area contributed by atoms with E-state index in [1.807, 2.05) is 36.6 Å². The molecule has 3 amide bonds. The quantitative estimate of drug-likeness (QED) is 0.474. The first-order valence-corrected chi connectivity index (χ1v) is 10.6. The monoisotopic (exact) mass is 449 g/mol. The lowest BCUT2D eigenvalue weighted by atomic mass is 9.99. The van der Waals surface area contributed by atoms with Gasteiger partial charge in [0.2, 0.25) is 0 Å². The lowest BCUT2D eigenvalue weighted by Crippen LogP contribution is -2.41. The zero-order valence-corrected chi connectivity index (χ0v) is 18.5. The van der Waals surface area contributed by atoms with Crippen LogP contribution >= 0.6 is 0 Å². The molecule has 2 aromatic heterocycles. The van der Waals surface area contributed by atoms with Gasteiger partial charge in [-0.2, -0.15) is 0 Å². The molecule has 1 N–H and O–H groups in total. The number of imide groups is 1.